The average Bonchev–Trinajstić information content (AvgIpc) is 3.04. The van der Waals surface area contributed by atoms with E-state index >= 15 is 0 Å². The molecule has 0 fully saturated rings. The van der Waals surface area contributed by atoms with Gasteiger partial charge in [-0.3, -0.25) is 4.79 Å². The molecule has 5 heteroatoms. The third-order valence-electron chi connectivity index (χ3n) is 3.78. The van der Waals surface area contributed by atoms with Crippen LogP contribution in [0.4, 0.5) is 0 Å². The van der Waals surface area contributed by atoms with Crippen molar-refractivity contribution in [3.05, 3.63) is 83.8 Å². The summed E-state index contributed by atoms with van der Waals surface area (Å²) >= 11 is 0. The number of aromatic hydroxyl groups is 2. The minimum atomic E-state index is -0.356. The van der Waals surface area contributed by atoms with Gasteiger partial charge in [0.2, 0.25) is 0 Å². The standard InChI is InChI=1S/C21H17NO4/c23-16(8-5-14-6-10-20(25)21(26)11-14)12-17(24)9-7-15-13-22-19-4-2-1-3-18(15)19/h1-13,22-23,25-26H/b8-5+,9-7+,16-12?. The number of rotatable bonds is 5. The number of hydrogen-bond donors (Lipinski definition) is 4. The van der Waals surface area contributed by atoms with Crippen LogP contribution >= 0.6 is 0 Å². The van der Waals surface area contributed by atoms with Gasteiger partial charge >= 0.3 is 0 Å². The lowest BCUT2D eigenvalue weighted by Gasteiger charge is -1.98. The molecule has 0 bridgehead atoms. The number of carbonyl (C=O) groups excluding carboxylic acids is 1. The van der Waals surface area contributed by atoms with E-state index in [1.165, 1.54) is 30.4 Å². The van der Waals surface area contributed by atoms with Crippen molar-refractivity contribution in [2.24, 2.45) is 0 Å². The zero-order valence-corrected chi connectivity index (χ0v) is 13.8. The van der Waals surface area contributed by atoms with Crippen molar-refractivity contribution in [1.29, 1.82) is 0 Å². The summed E-state index contributed by atoms with van der Waals surface area (Å²) < 4.78 is 0. The maximum Gasteiger partial charge on any atom is 0.182 e. The van der Waals surface area contributed by atoms with E-state index < -0.39 is 0 Å². The topological polar surface area (TPSA) is 93.6 Å². The van der Waals surface area contributed by atoms with Crippen LogP contribution < -0.4 is 0 Å². The van der Waals surface area contributed by atoms with E-state index in [1.54, 1.807) is 12.1 Å². The molecule has 5 nitrogen and oxygen atoms in total. The zero-order valence-electron chi connectivity index (χ0n) is 13.8. The van der Waals surface area contributed by atoms with Crippen LogP contribution in [0.2, 0.25) is 0 Å². The molecule has 0 radical (unpaired) electrons. The molecule has 0 saturated carbocycles. The van der Waals surface area contributed by atoms with E-state index in [0.29, 0.717) is 5.56 Å². The number of fused-ring (bicyclic) bond motifs is 1. The second kappa shape index (κ2) is 7.44. The van der Waals surface area contributed by atoms with Gasteiger partial charge in [-0.15, -0.1) is 0 Å². The van der Waals surface area contributed by atoms with Gasteiger partial charge in [0.1, 0.15) is 5.76 Å². The molecule has 1 heterocycles. The highest BCUT2D eigenvalue weighted by molar-refractivity contribution is 6.04. The second-order valence-electron chi connectivity index (χ2n) is 5.68. The number of aromatic amines is 1. The molecular formula is C21H17NO4. The van der Waals surface area contributed by atoms with Crippen LogP contribution in [0.15, 0.2) is 72.6 Å². The van der Waals surface area contributed by atoms with Gasteiger partial charge in [-0.1, -0.05) is 30.3 Å². The van der Waals surface area contributed by atoms with Crippen LogP contribution in [-0.2, 0) is 4.79 Å². The summed E-state index contributed by atoms with van der Waals surface area (Å²) in [4.78, 5) is 15.1. The molecule has 0 saturated heterocycles. The summed E-state index contributed by atoms with van der Waals surface area (Å²) in [7, 11) is 0. The lowest BCUT2D eigenvalue weighted by atomic mass is 10.1. The molecule has 4 N–H and O–H groups in total. The number of ketones is 1. The molecule has 0 aliphatic rings. The summed E-state index contributed by atoms with van der Waals surface area (Å²) in [6, 6.07) is 12.0. The van der Waals surface area contributed by atoms with E-state index in [1.807, 2.05) is 30.5 Å². The number of benzene rings is 2. The number of para-hydroxylation sites is 1. The highest BCUT2D eigenvalue weighted by atomic mass is 16.3. The summed E-state index contributed by atoms with van der Waals surface area (Å²) in [6.07, 6.45) is 8.83. The Kier molecular flexibility index (Phi) is 4.90. The fraction of sp³-hybridized carbons (Fsp3) is 0. The number of phenols is 2. The van der Waals surface area contributed by atoms with E-state index in [-0.39, 0.29) is 23.0 Å². The first-order valence-corrected chi connectivity index (χ1v) is 7.92. The van der Waals surface area contributed by atoms with E-state index in [9.17, 15) is 20.1 Å². The first-order chi connectivity index (χ1) is 12.5. The summed E-state index contributed by atoms with van der Waals surface area (Å²) in [6.45, 7) is 0. The molecule has 3 aromatic rings. The number of aliphatic hydroxyl groups excluding tert-OH is 1. The predicted molar refractivity (Wildman–Crippen MR) is 102 cm³/mol. The number of carbonyl (C=O) groups is 1. The quantitative estimate of drug-likeness (QED) is 0.239. The first kappa shape index (κ1) is 17.1. The average molecular weight is 347 g/mol. The molecule has 0 unspecified atom stereocenters. The van der Waals surface area contributed by atoms with Crippen LogP contribution in [0.25, 0.3) is 23.1 Å². The molecule has 26 heavy (non-hydrogen) atoms. The Morgan fingerprint density at radius 1 is 0.962 bits per heavy atom. The molecule has 1 aromatic heterocycles. The van der Waals surface area contributed by atoms with Crippen LogP contribution in [0.3, 0.4) is 0 Å². The third kappa shape index (κ3) is 4.02. The Labute approximate surface area is 149 Å². The smallest absolute Gasteiger partial charge is 0.182 e. The summed E-state index contributed by atoms with van der Waals surface area (Å²) in [5, 5.41) is 29.5. The van der Waals surface area contributed by atoms with Crippen LogP contribution in [0, 0.1) is 0 Å². The van der Waals surface area contributed by atoms with Gasteiger partial charge in [-0.25, -0.2) is 0 Å². The largest absolute Gasteiger partial charge is 0.508 e. The molecular weight excluding hydrogens is 330 g/mol. The second-order valence-corrected chi connectivity index (χ2v) is 5.68. The van der Waals surface area contributed by atoms with Gasteiger partial charge in [0.25, 0.3) is 0 Å². The van der Waals surface area contributed by atoms with Crippen molar-refractivity contribution < 1.29 is 20.1 Å². The third-order valence-corrected chi connectivity index (χ3v) is 3.78. The number of hydrogen-bond acceptors (Lipinski definition) is 4. The fourth-order valence-electron chi connectivity index (χ4n) is 2.47. The molecule has 0 aliphatic heterocycles. The van der Waals surface area contributed by atoms with E-state index in [4.69, 9.17) is 0 Å². The normalized spacial score (nSPS) is 12.4. The SMILES string of the molecule is O=C(C=C(O)/C=C/c1ccc(O)c(O)c1)/C=C/c1c[nH]c2ccccc12. The molecule has 2 aromatic carbocycles. The molecule has 0 spiro atoms. The minimum absolute atomic E-state index is 0.217. The Bertz CT molecular complexity index is 1040. The molecule has 130 valence electrons. The van der Waals surface area contributed by atoms with Crippen molar-refractivity contribution in [1.82, 2.24) is 4.98 Å². The van der Waals surface area contributed by atoms with Gasteiger partial charge in [-0.2, -0.15) is 0 Å². The molecule has 0 aliphatic carbocycles. The van der Waals surface area contributed by atoms with Gasteiger partial charge in [-0.05, 0) is 47.6 Å². The Balaban J connectivity index is 1.69. The monoisotopic (exact) mass is 347 g/mol. The number of allylic oxidation sites excluding steroid dienone is 3. The highest BCUT2D eigenvalue weighted by Crippen LogP contribution is 2.25. The Hall–Kier alpha value is -3.73. The number of phenolic OH excluding ortho intramolecular Hbond substituents is 2. The summed E-state index contributed by atoms with van der Waals surface area (Å²) in [5.41, 5.74) is 2.44. The Morgan fingerprint density at radius 3 is 2.58 bits per heavy atom. The lowest BCUT2D eigenvalue weighted by Crippen LogP contribution is -1.88. The number of H-pyrrole nitrogens is 1. The maximum atomic E-state index is 12.0. The molecule has 0 amide bonds. The van der Waals surface area contributed by atoms with Gasteiger partial charge in [0.15, 0.2) is 17.3 Å². The van der Waals surface area contributed by atoms with Crippen molar-refractivity contribution in [3.8, 4) is 11.5 Å². The van der Waals surface area contributed by atoms with Crippen molar-refractivity contribution in [2.75, 3.05) is 0 Å². The van der Waals surface area contributed by atoms with Crippen molar-refractivity contribution in [2.45, 2.75) is 0 Å². The van der Waals surface area contributed by atoms with E-state index in [0.717, 1.165) is 22.5 Å². The van der Waals surface area contributed by atoms with Gasteiger partial charge in [0, 0.05) is 23.2 Å². The highest BCUT2D eigenvalue weighted by Gasteiger charge is 2.01. The summed E-state index contributed by atoms with van der Waals surface area (Å²) in [5.74, 6) is -1.05. The minimum Gasteiger partial charge on any atom is -0.508 e. The molecule has 0 atom stereocenters. The zero-order chi connectivity index (χ0) is 18.5. The Morgan fingerprint density at radius 2 is 1.77 bits per heavy atom. The lowest BCUT2D eigenvalue weighted by molar-refractivity contribution is -0.110. The first-order valence-electron chi connectivity index (χ1n) is 7.92. The van der Waals surface area contributed by atoms with Crippen LogP contribution in [0.1, 0.15) is 11.1 Å². The number of aliphatic hydroxyl groups is 1. The van der Waals surface area contributed by atoms with Crippen LogP contribution in [0.5, 0.6) is 11.5 Å². The van der Waals surface area contributed by atoms with Crippen molar-refractivity contribution in [3.63, 3.8) is 0 Å². The number of aromatic nitrogens is 1. The molecule has 3 rings (SSSR count). The number of nitrogens with one attached hydrogen (secondary N) is 1. The maximum absolute atomic E-state index is 12.0. The van der Waals surface area contributed by atoms with Crippen molar-refractivity contribution >= 4 is 28.8 Å². The van der Waals surface area contributed by atoms with Gasteiger partial charge < -0.3 is 20.3 Å². The predicted octanol–water partition coefficient (Wildman–Crippen LogP) is 4.32. The van der Waals surface area contributed by atoms with E-state index in [2.05, 4.69) is 4.98 Å². The van der Waals surface area contributed by atoms with Crippen LogP contribution in [-0.4, -0.2) is 26.1 Å². The fourth-order valence-corrected chi connectivity index (χ4v) is 2.47. The van der Waals surface area contributed by atoms with Gasteiger partial charge in [0.05, 0.1) is 0 Å².